The molecule has 9 heteroatoms. The van der Waals surface area contributed by atoms with Crippen molar-refractivity contribution in [2.75, 3.05) is 6.54 Å². The number of thiocarbonyl (C=S) groups is 1. The summed E-state index contributed by atoms with van der Waals surface area (Å²) in [7, 11) is 0. The van der Waals surface area contributed by atoms with Crippen molar-refractivity contribution in [1.29, 1.82) is 0 Å². The van der Waals surface area contributed by atoms with Gasteiger partial charge in [-0.1, -0.05) is 35.6 Å². The fourth-order valence-electron chi connectivity index (χ4n) is 3.11. The van der Waals surface area contributed by atoms with Gasteiger partial charge in [-0.15, -0.1) is 0 Å². The molecule has 1 aromatic heterocycles. The van der Waals surface area contributed by atoms with Gasteiger partial charge >= 0.3 is 6.18 Å². The minimum Gasteiger partial charge on any atom is -0.318 e. The summed E-state index contributed by atoms with van der Waals surface area (Å²) in [6.07, 6.45) is -2.81. The van der Waals surface area contributed by atoms with E-state index in [1.54, 1.807) is 24.5 Å². The van der Waals surface area contributed by atoms with E-state index in [1.165, 1.54) is 28.8 Å². The van der Waals surface area contributed by atoms with Crippen LogP contribution >= 0.6 is 35.6 Å². The van der Waals surface area contributed by atoms with Gasteiger partial charge in [0.15, 0.2) is 0 Å². The highest BCUT2D eigenvalue weighted by molar-refractivity contribution is 8.26. The second kappa shape index (κ2) is 7.57. The van der Waals surface area contributed by atoms with Gasteiger partial charge in [-0.05, 0) is 56.7 Å². The Bertz CT molecular complexity index is 1010. The number of benzene rings is 1. The predicted octanol–water partition coefficient (Wildman–Crippen LogP) is 5.99. The number of alkyl halides is 3. The van der Waals surface area contributed by atoms with Crippen LogP contribution in [0.3, 0.4) is 0 Å². The molecule has 2 heterocycles. The number of hydrogen-bond donors (Lipinski definition) is 0. The van der Waals surface area contributed by atoms with Crippen LogP contribution in [0.25, 0.3) is 11.8 Å². The molecule has 0 atom stereocenters. The Balaban J connectivity index is 2.06. The van der Waals surface area contributed by atoms with Gasteiger partial charge in [-0.3, -0.25) is 9.69 Å². The molecule has 1 amide bonds. The van der Waals surface area contributed by atoms with Crippen molar-refractivity contribution in [1.82, 2.24) is 9.47 Å². The predicted molar refractivity (Wildman–Crippen MR) is 111 cm³/mol. The number of thioether (sulfide) groups is 1. The lowest BCUT2D eigenvalue weighted by Crippen LogP contribution is -2.27. The molecule has 1 aliphatic rings. The third kappa shape index (κ3) is 3.73. The van der Waals surface area contributed by atoms with Crippen molar-refractivity contribution in [2.45, 2.75) is 26.9 Å². The number of rotatable bonds is 3. The summed E-state index contributed by atoms with van der Waals surface area (Å²) >= 11 is 12.2. The number of likely N-dealkylation sites (N-methyl/N-ethyl adjacent to an activating group) is 1. The third-order valence-electron chi connectivity index (χ3n) is 4.46. The molecule has 0 N–H and O–H groups in total. The van der Waals surface area contributed by atoms with Crippen molar-refractivity contribution in [3.8, 4) is 5.69 Å². The fraction of sp³-hybridized carbons (Fsp3) is 0.263. The van der Waals surface area contributed by atoms with Crippen molar-refractivity contribution in [3.05, 3.63) is 56.7 Å². The smallest absolute Gasteiger partial charge is 0.318 e. The molecule has 0 aliphatic carbocycles. The summed E-state index contributed by atoms with van der Waals surface area (Å²) in [5.74, 6) is -0.159. The number of aryl methyl sites for hydroxylation is 1. The second-order valence-electron chi connectivity index (χ2n) is 6.25. The lowest BCUT2D eigenvalue weighted by molar-refractivity contribution is -0.137. The highest BCUT2D eigenvalue weighted by Gasteiger charge is 2.34. The normalized spacial score (nSPS) is 16.5. The van der Waals surface area contributed by atoms with Crippen LogP contribution in [-0.4, -0.2) is 26.2 Å². The van der Waals surface area contributed by atoms with E-state index in [1.807, 2.05) is 13.0 Å². The maximum Gasteiger partial charge on any atom is 0.417 e. The van der Waals surface area contributed by atoms with Gasteiger partial charge in [0.25, 0.3) is 5.91 Å². The quantitative estimate of drug-likeness (QED) is 0.429. The highest BCUT2D eigenvalue weighted by atomic mass is 35.5. The first-order chi connectivity index (χ1) is 13.0. The molecule has 3 rings (SSSR count). The molecule has 1 aliphatic heterocycles. The minimum atomic E-state index is -4.54. The average molecular weight is 445 g/mol. The van der Waals surface area contributed by atoms with Gasteiger partial charge in [-0.25, -0.2) is 0 Å². The molecule has 0 unspecified atom stereocenters. The zero-order valence-electron chi connectivity index (χ0n) is 15.2. The Labute approximate surface area is 175 Å². The number of aromatic nitrogens is 1. The monoisotopic (exact) mass is 444 g/mol. The van der Waals surface area contributed by atoms with Crippen molar-refractivity contribution in [2.24, 2.45) is 0 Å². The van der Waals surface area contributed by atoms with Crippen molar-refractivity contribution >= 4 is 51.9 Å². The zero-order chi connectivity index (χ0) is 20.8. The summed E-state index contributed by atoms with van der Waals surface area (Å²) in [6.45, 7) is 5.93. The first kappa shape index (κ1) is 21.0. The van der Waals surface area contributed by atoms with Crippen LogP contribution < -0.4 is 0 Å². The van der Waals surface area contributed by atoms with Gasteiger partial charge in [0.2, 0.25) is 0 Å². The molecule has 148 valence electrons. The number of hydrogen-bond acceptors (Lipinski definition) is 3. The lowest BCUT2D eigenvalue weighted by atomic mass is 10.2. The SMILES string of the molecule is CCN1C(=O)/C(=C/c2cc(C)n(-c3ccc(Cl)c(C(F)(F)F)c3)c2C)SC1=S. The summed E-state index contributed by atoms with van der Waals surface area (Å²) in [5, 5.41) is -0.345. The Morgan fingerprint density at radius 1 is 1.25 bits per heavy atom. The first-order valence-electron chi connectivity index (χ1n) is 8.36. The molecule has 1 aromatic carbocycles. The second-order valence-corrected chi connectivity index (χ2v) is 8.33. The molecule has 2 aromatic rings. The lowest BCUT2D eigenvalue weighted by Gasteiger charge is -2.14. The van der Waals surface area contributed by atoms with Gasteiger partial charge in [0, 0.05) is 23.6 Å². The highest BCUT2D eigenvalue weighted by Crippen LogP contribution is 2.37. The topological polar surface area (TPSA) is 25.2 Å². The van der Waals surface area contributed by atoms with E-state index in [0.29, 0.717) is 21.5 Å². The molecule has 0 saturated carbocycles. The summed E-state index contributed by atoms with van der Waals surface area (Å²) in [5.41, 5.74) is 1.68. The summed E-state index contributed by atoms with van der Waals surface area (Å²) in [6, 6.07) is 5.64. The van der Waals surface area contributed by atoms with E-state index in [2.05, 4.69) is 0 Å². The van der Waals surface area contributed by atoms with Crippen LogP contribution in [0.4, 0.5) is 13.2 Å². The van der Waals surface area contributed by atoms with E-state index in [0.717, 1.165) is 23.0 Å². The van der Waals surface area contributed by atoms with Crippen LogP contribution in [-0.2, 0) is 11.0 Å². The van der Waals surface area contributed by atoms with Gasteiger partial charge in [0.05, 0.1) is 15.5 Å². The Morgan fingerprint density at radius 2 is 1.93 bits per heavy atom. The number of halogens is 4. The number of carbonyl (C=O) groups excluding carboxylic acids is 1. The van der Waals surface area contributed by atoms with Crippen LogP contribution in [0.5, 0.6) is 0 Å². The fourth-order valence-corrected chi connectivity index (χ4v) is 4.71. The average Bonchev–Trinajstić information content (AvgIpc) is 3.03. The Morgan fingerprint density at radius 3 is 2.50 bits per heavy atom. The molecule has 1 fully saturated rings. The van der Waals surface area contributed by atoms with E-state index in [-0.39, 0.29) is 10.9 Å². The summed E-state index contributed by atoms with van der Waals surface area (Å²) < 4.78 is 41.8. The molecular weight excluding hydrogens is 429 g/mol. The van der Waals surface area contributed by atoms with E-state index in [4.69, 9.17) is 23.8 Å². The van der Waals surface area contributed by atoms with Gasteiger partial charge < -0.3 is 4.57 Å². The van der Waals surface area contributed by atoms with Crippen LogP contribution in [0, 0.1) is 13.8 Å². The third-order valence-corrected chi connectivity index (χ3v) is 6.17. The molecule has 3 nitrogen and oxygen atoms in total. The van der Waals surface area contributed by atoms with Crippen LogP contribution in [0.1, 0.15) is 29.4 Å². The first-order valence-corrected chi connectivity index (χ1v) is 9.96. The van der Waals surface area contributed by atoms with Crippen molar-refractivity contribution < 1.29 is 18.0 Å². The molecular formula is C19H16ClF3N2OS2. The maximum atomic E-state index is 13.2. The standard InChI is InChI=1S/C19H16ClF3N2OS2/c1-4-24-17(26)16(28-18(24)27)8-12-7-10(2)25(11(12)3)13-5-6-15(20)14(9-13)19(21,22)23/h5-9H,4H2,1-3H3/b16-8-. The van der Waals surface area contributed by atoms with Crippen LogP contribution in [0.15, 0.2) is 29.2 Å². The number of nitrogens with zero attached hydrogens (tertiary/aromatic N) is 2. The minimum absolute atomic E-state index is 0.159. The Hall–Kier alpha value is -1.77. The number of carbonyl (C=O) groups is 1. The van der Waals surface area contributed by atoms with Gasteiger partial charge in [-0.2, -0.15) is 13.2 Å². The molecule has 28 heavy (non-hydrogen) atoms. The maximum absolute atomic E-state index is 13.2. The van der Waals surface area contributed by atoms with E-state index < -0.39 is 11.7 Å². The van der Waals surface area contributed by atoms with E-state index >= 15 is 0 Å². The molecule has 1 saturated heterocycles. The van der Waals surface area contributed by atoms with Gasteiger partial charge in [0.1, 0.15) is 4.32 Å². The zero-order valence-corrected chi connectivity index (χ0v) is 17.6. The molecule has 0 bridgehead atoms. The molecule has 0 spiro atoms. The van der Waals surface area contributed by atoms with E-state index in [9.17, 15) is 18.0 Å². The summed E-state index contributed by atoms with van der Waals surface area (Å²) in [4.78, 5) is 14.4. The molecule has 0 radical (unpaired) electrons. The number of amides is 1. The van der Waals surface area contributed by atoms with Crippen molar-refractivity contribution in [3.63, 3.8) is 0 Å². The Kier molecular flexibility index (Phi) is 5.67. The van der Waals surface area contributed by atoms with Crippen LogP contribution in [0.2, 0.25) is 5.02 Å². The largest absolute Gasteiger partial charge is 0.417 e.